The normalized spacial score (nSPS) is 13.7. The molecule has 10 heteroatoms. The number of piperidine rings is 1. The fraction of sp³-hybridized carbons (Fsp3) is 0.412. The van der Waals surface area contributed by atoms with Crippen LogP contribution in [0.5, 0.6) is 23.0 Å². The van der Waals surface area contributed by atoms with Crippen LogP contribution in [0.4, 0.5) is 20.6 Å². The maximum atomic E-state index is 15.1. The number of hydrogen-bond donors (Lipinski definition) is 3. The first-order valence-electron chi connectivity index (χ1n) is 15.3. The third kappa shape index (κ3) is 9.34. The van der Waals surface area contributed by atoms with Gasteiger partial charge in [-0.25, -0.2) is 9.18 Å². The second-order valence-electron chi connectivity index (χ2n) is 11.0. The average Bonchev–Trinajstić information content (AvgIpc) is 3.00. The van der Waals surface area contributed by atoms with Crippen molar-refractivity contribution in [2.24, 2.45) is 0 Å². The number of amides is 3. The SMILES string of the molecule is CCCCCNC(=O)Nc1ccc(Oc2ccc(NC(=O)c3ccc(OC4CCN(C)CC4)c(C)c3)c(F)c2)c(OCC)c1. The van der Waals surface area contributed by atoms with Gasteiger partial charge in [0.15, 0.2) is 11.5 Å². The number of anilines is 2. The first kappa shape index (κ1) is 32.6. The fourth-order valence-corrected chi connectivity index (χ4v) is 4.88. The summed E-state index contributed by atoms with van der Waals surface area (Å²) in [6, 6.07) is 14.1. The van der Waals surface area contributed by atoms with Gasteiger partial charge in [-0.05, 0) is 88.2 Å². The molecule has 3 aromatic rings. The molecule has 1 aliphatic heterocycles. The van der Waals surface area contributed by atoms with Crippen molar-refractivity contribution in [3.63, 3.8) is 0 Å². The molecule has 0 bridgehead atoms. The van der Waals surface area contributed by atoms with Gasteiger partial charge in [0.1, 0.15) is 23.4 Å². The Balaban J connectivity index is 1.36. The molecule has 9 nitrogen and oxygen atoms in total. The Bertz CT molecular complexity index is 1420. The highest BCUT2D eigenvalue weighted by molar-refractivity contribution is 6.04. The largest absolute Gasteiger partial charge is 0.490 e. The zero-order valence-electron chi connectivity index (χ0n) is 26.0. The smallest absolute Gasteiger partial charge is 0.319 e. The van der Waals surface area contributed by atoms with Gasteiger partial charge < -0.3 is 35.1 Å². The number of benzene rings is 3. The standard InChI is InChI=1S/C34H43FN4O5/c1-5-7-8-17-36-34(41)37-25-10-14-31(32(21-25)42-6-2)44-27-11-12-29(28(35)22-27)38-33(40)24-9-13-30(23(3)20-24)43-26-15-18-39(4)19-16-26/h9-14,20-22,26H,5-8,15-19H2,1-4H3,(H,38,40)(H2,36,37,41). The molecule has 44 heavy (non-hydrogen) atoms. The molecule has 0 aliphatic carbocycles. The molecular weight excluding hydrogens is 563 g/mol. The van der Waals surface area contributed by atoms with Gasteiger partial charge >= 0.3 is 6.03 Å². The van der Waals surface area contributed by atoms with E-state index in [-0.39, 0.29) is 23.6 Å². The van der Waals surface area contributed by atoms with Crippen LogP contribution in [0.2, 0.25) is 0 Å². The van der Waals surface area contributed by atoms with E-state index in [4.69, 9.17) is 14.2 Å². The molecule has 1 heterocycles. The Hall–Kier alpha value is -4.31. The number of rotatable bonds is 13. The van der Waals surface area contributed by atoms with E-state index in [0.717, 1.165) is 56.5 Å². The minimum Gasteiger partial charge on any atom is -0.490 e. The summed E-state index contributed by atoms with van der Waals surface area (Å²) in [4.78, 5) is 27.4. The van der Waals surface area contributed by atoms with Gasteiger partial charge in [0.05, 0.1) is 12.3 Å². The number of carbonyl (C=O) groups excluding carboxylic acids is 2. The van der Waals surface area contributed by atoms with Crippen molar-refractivity contribution in [2.45, 2.75) is 59.0 Å². The minimum absolute atomic E-state index is 0.0289. The van der Waals surface area contributed by atoms with E-state index in [9.17, 15) is 9.59 Å². The Morgan fingerprint density at radius 3 is 2.41 bits per heavy atom. The summed E-state index contributed by atoms with van der Waals surface area (Å²) in [5.41, 5.74) is 1.82. The summed E-state index contributed by atoms with van der Waals surface area (Å²) in [6.45, 7) is 8.80. The van der Waals surface area contributed by atoms with Crippen molar-refractivity contribution < 1.29 is 28.2 Å². The molecular formula is C34H43FN4O5. The zero-order valence-corrected chi connectivity index (χ0v) is 26.0. The number of nitrogens with zero attached hydrogens (tertiary/aromatic N) is 1. The second-order valence-corrected chi connectivity index (χ2v) is 11.0. The summed E-state index contributed by atoms with van der Waals surface area (Å²) in [6.07, 6.45) is 5.13. The van der Waals surface area contributed by atoms with Crippen molar-refractivity contribution in [3.8, 4) is 23.0 Å². The predicted octanol–water partition coefficient (Wildman–Crippen LogP) is 7.36. The fourth-order valence-electron chi connectivity index (χ4n) is 4.88. The third-order valence-electron chi connectivity index (χ3n) is 7.38. The van der Waals surface area contributed by atoms with Gasteiger partial charge in [0.25, 0.3) is 5.91 Å². The Kier molecular flexibility index (Phi) is 11.8. The molecule has 3 aromatic carbocycles. The van der Waals surface area contributed by atoms with Crippen molar-refractivity contribution in [3.05, 3.63) is 71.5 Å². The summed E-state index contributed by atoms with van der Waals surface area (Å²) < 4.78 is 32.9. The Morgan fingerprint density at radius 2 is 1.70 bits per heavy atom. The topological polar surface area (TPSA) is 101 Å². The number of likely N-dealkylation sites (tertiary alicyclic amines) is 1. The van der Waals surface area contributed by atoms with Crippen LogP contribution in [-0.2, 0) is 0 Å². The van der Waals surface area contributed by atoms with E-state index < -0.39 is 11.7 Å². The number of ether oxygens (including phenoxy) is 3. The molecule has 1 fully saturated rings. The molecule has 4 rings (SSSR count). The van der Waals surface area contributed by atoms with Crippen LogP contribution in [-0.4, -0.2) is 56.2 Å². The lowest BCUT2D eigenvalue weighted by Gasteiger charge is -2.29. The third-order valence-corrected chi connectivity index (χ3v) is 7.38. The molecule has 1 saturated heterocycles. The quantitative estimate of drug-likeness (QED) is 0.176. The highest BCUT2D eigenvalue weighted by Crippen LogP contribution is 2.35. The highest BCUT2D eigenvalue weighted by atomic mass is 19.1. The van der Waals surface area contributed by atoms with Crippen LogP contribution in [0.15, 0.2) is 54.6 Å². The lowest BCUT2D eigenvalue weighted by molar-refractivity contribution is 0.102. The van der Waals surface area contributed by atoms with E-state index in [0.29, 0.717) is 35.9 Å². The van der Waals surface area contributed by atoms with E-state index in [1.807, 2.05) is 13.8 Å². The lowest BCUT2D eigenvalue weighted by atomic mass is 10.1. The number of aryl methyl sites for hydroxylation is 1. The summed E-state index contributed by atoms with van der Waals surface area (Å²) in [7, 11) is 2.10. The number of unbranched alkanes of at least 4 members (excludes halogenated alkanes) is 2. The molecule has 236 valence electrons. The van der Waals surface area contributed by atoms with E-state index in [1.165, 1.54) is 12.1 Å². The molecule has 0 radical (unpaired) electrons. The highest BCUT2D eigenvalue weighted by Gasteiger charge is 2.20. The van der Waals surface area contributed by atoms with Crippen LogP contribution in [0.1, 0.15) is 61.9 Å². The number of halogens is 1. The van der Waals surface area contributed by atoms with Crippen LogP contribution in [0, 0.1) is 12.7 Å². The summed E-state index contributed by atoms with van der Waals surface area (Å²) in [5, 5.41) is 8.26. The van der Waals surface area contributed by atoms with Crippen molar-refractivity contribution in [1.82, 2.24) is 10.2 Å². The second kappa shape index (κ2) is 16.0. The van der Waals surface area contributed by atoms with Crippen molar-refractivity contribution >= 4 is 23.3 Å². The zero-order chi connectivity index (χ0) is 31.5. The number of hydrogen-bond acceptors (Lipinski definition) is 6. The van der Waals surface area contributed by atoms with Crippen LogP contribution < -0.4 is 30.2 Å². The van der Waals surface area contributed by atoms with E-state index in [1.54, 1.807) is 42.5 Å². The van der Waals surface area contributed by atoms with E-state index in [2.05, 4.69) is 34.8 Å². The molecule has 3 N–H and O–H groups in total. The Morgan fingerprint density at radius 1 is 0.932 bits per heavy atom. The molecule has 3 amide bonds. The first-order valence-corrected chi connectivity index (χ1v) is 15.3. The molecule has 0 atom stereocenters. The van der Waals surface area contributed by atoms with Gasteiger partial charge in [-0.3, -0.25) is 4.79 Å². The van der Waals surface area contributed by atoms with Gasteiger partial charge in [-0.2, -0.15) is 0 Å². The van der Waals surface area contributed by atoms with Crippen molar-refractivity contribution in [2.75, 3.05) is 43.9 Å². The number of carbonyl (C=O) groups is 2. The van der Waals surface area contributed by atoms with Gasteiger partial charge in [0.2, 0.25) is 0 Å². The minimum atomic E-state index is -0.647. The Labute approximate surface area is 259 Å². The van der Waals surface area contributed by atoms with Gasteiger partial charge in [-0.15, -0.1) is 0 Å². The molecule has 0 spiro atoms. The van der Waals surface area contributed by atoms with Crippen LogP contribution >= 0.6 is 0 Å². The predicted molar refractivity (Wildman–Crippen MR) is 171 cm³/mol. The summed E-state index contributed by atoms with van der Waals surface area (Å²) >= 11 is 0. The first-order chi connectivity index (χ1) is 21.2. The average molecular weight is 607 g/mol. The molecule has 0 aromatic heterocycles. The maximum absolute atomic E-state index is 15.1. The number of nitrogens with one attached hydrogen (secondary N) is 3. The summed E-state index contributed by atoms with van der Waals surface area (Å²) in [5.74, 6) is 0.655. The van der Waals surface area contributed by atoms with Gasteiger partial charge in [-0.1, -0.05) is 19.8 Å². The maximum Gasteiger partial charge on any atom is 0.319 e. The van der Waals surface area contributed by atoms with Gasteiger partial charge in [0, 0.05) is 43.0 Å². The van der Waals surface area contributed by atoms with Crippen molar-refractivity contribution in [1.29, 1.82) is 0 Å². The molecule has 0 saturated carbocycles. The molecule has 0 unspecified atom stereocenters. The van der Waals surface area contributed by atoms with E-state index >= 15 is 4.39 Å². The monoisotopic (exact) mass is 606 g/mol. The molecule has 1 aliphatic rings. The lowest BCUT2D eigenvalue weighted by Crippen LogP contribution is -2.35. The number of urea groups is 1. The van der Waals surface area contributed by atoms with Crippen LogP contribution in [0.25, 0.3) is 0 Å². The van der Waals surface area contributed by atoms with Crippen LogP contribution in [0.3, 0.4) is 0 Å².